The molecule has 0 unspecified atom stereocenters. The van der Waals surface area contributed by atoms with Crippen LogP contribution in [-0.2, 0) is 4.74 Å². The number of carbonyl (C=O) groups is 1. The highest BCUT2D eigenvalue weighted by Crippen LogP contribution is 2.19. The maximum Gasteiger partial charge on any atom is 0.335 e. The number of aliphatic hydroxyl groups is 1. The molecular weight excluding hydrogens is 238 g/mol. The van der Waals surface area contributed by atoms with Crippen molar-refractivity contribution in [3.05, 3.63) is 34.4 Å². The highest BCUT2D eigenvalue weighted by Gasteiger charge is 2.30. The fraction of sp³-hybridized carbons (Fsp3) is 0.500. The van der Waals surface area contributed by atoms with Gasteiger partial charge in [0.1, 0.15) is 6.26 Å². The van der Waals surface area contributed by atoms with E-state index in [1.165, 1.54) is 12.1 Å². The molecule has 0 radical (unpaired) electrons. The SMILES string of the molecule is O=C(NCC1(O)CCOCC1)c1ccc(=O)oc1. The molecule has 0 aromatic carbocycles. The van der Waals surface area contributed by atoms with Gasteiger partial charge in [0.15, 0.2) is 0 Å². The van der Waals surface area contributed by atoms with Crippen molar-refractivity contribution < 1.29 is 19.1 Å². The minimum absolute atomic E-state index is 0.161. The maximum absolute atomic E-state index is 11.7. The molecule has 6 heteroatoms. The van der Waals surface area contributed by atoms with Crippen LogP contribution in [0.1, 0.15) is 23.2 Å². The molecule has 2 heterocycles. The van der Waals surface area contributed by atoms with Crippen LogP contribution in [0.4, 0.5) is 0 Å². The van der Waals surface area contributed by atoms with Crippen LogP contribution in [0.15, 0.2) is 27.6 Å². The van der Waals surface area contributed by atoms with Gasteiger partial charge in [0.05, 0.1) is 11.2 Å². The van der Waals surface area contributed by atoms with Crippen molar-refractivity contribution >= 4 is 5.91 Å². The first kappa shape index (κ1) is 12.8. The maximum atomic E-state index is 11.7. The lowest BCUT2D eigenvalue weighted by Crippen LogP contribution is -2.46. The van der Waals surface area contributed by atoms with Gasteiger partial charge in [-0.15, -0.1) is 0 Å². The van der Waals surface area contributed by atoms with Gasteiger partial charge >= 0.3 is 5.63 Å². The smallest absolute Gasteiger partial charge is 0.335 e. The zero-order valence-corrected chi connectivity index (χ0v) is 9.85. The van der Waals surface area contributed by atoms with E-state index in [-0.39, 0.29) is 18.0 Å². The van der Waals surface area contributed by atoms with Gasteiger partial charge in [0, 0.05) is 38.7 Å². The number of carbonyl (C=O) groups excluding carboxylic acids is 1. The van der Waals surface area contributed by atoms with E-state index in [1.807, 2.05) is 0 Å². The Balaban J connectivity index is 1.91. The topological polar surface area (TPSA) is 88.8 Å². The molecule has 1 aliphatic heterocycles. The van der Waals surface area contributed by atoms with E-state index >= 15 is 0 Å². The normalized spacial score (nSPS) is 18.3. The second kappa shape index (κ2) is 5.32. The molecule has 0 aliphatic carbocycles. The summed E-state index contributed by atoms with van der Waals surface area (Å²) in [5.74, 6) is -0.376. The van der Waals surface area contributed by atoms with Gasteiger partial charge in [-0.2, -0.15) is 0 Å². The first-order valence-electron chi connectivity index (χ1n) is 5.76. The van der Waals surface area contributed by atoms with Gasteiger partial charge in [-0.1, -0.05) is 0 Å². The van der Waals surface area contributed by atoms with Crippen LogP contribution < -0.4 is 10.9 Å². The number of hydrogen-bond acceptors (Lipinski definition) is 5. The Morgan fingerprint density at radius 2 is 2.11 bits per heavy atom. The van der Waals surface area contributed by atoms with Crippen LogP contribution in [0.2, 0.25) is 0 Å². The van der Waals surface area contributed by atoms with E-state index in [0.717, 1.165) is 6.26 Å². The van der Waals surface area contributed by atoms with Crippen LogP contribution in [0.3, 0.4) is 0 Å². The second-order valence-electron chi connectivity index (χ2n) is 4.36. The number of nitrogens with one attached hydrogen (secondary N) is 1. The predicted octanol–water partition coefficient (Wildman–Crippen LogP) is -0.0889. The summed E-state index contributed by atoms with van der Waals surface area (Å²) in [4.78, 5) is 22.5. The Morgan fingerprint density at radius 3 is 2.72 bits per heavy atom. The number of hydrogen-bond donors (Lipinski definition) is 2. The Kier molecular flexibility index (Phi) is 3.78. The summed E-state index contributed by atoms with van der Waals surface area (Å²) in [5, 5.41) is 12.8. The van der Waals surface area contributed by atoms with Crippen molar-refractivity contribution in [1.82, 2.24) is 5.32 Å². The van der Waals surface area contributed by atoms with Gasteiger partial charge in [-0.3, -0.25) is 4.79 Å². The third-order valence-corrected chi connectivity index (χ3v) is 2.96. The van der Waals surface area contributed by atoms with Crippen LogP contribution >= 0.6 is 0 Å². The minimum atomic E-state index is -0.913. The molecule has 1 amide bonds. The summed E-state index contributed by atoms with van der Waals surface area (Å²) in [6.07, 6.45) is 2.10. The molecule has 1 saturated heterocycles. The van der Waals surface area contributed by atoms with Crippen molar-refractivity contribution in [2.75, 3.05) is 19.8 Å². The molecule has 1 aliphatic rings. The van der Waals surface area contributed by atoms with Crippen LogP contribution in [0, 0.1) is 0 Å². The molecular formula is C12H15NO5. The standard InChI is InChI=1S/C12H15NO5/c14-10-2-1-9(7-18-10)11(15)13-8-12(16)3-5-17-6-4-12/h1-2,7,16H,3-6,8H2,(H,13,15). The molecule has 0 spiro atoms. The lowest BCUT2D eigenvalue weighted by atomic mass is 9.94. The van der Waals surface area contributed by atoms with Crippen molar-refractivity contribution in [3.63, 3.8) is 0 Å². The molecule has 0 atom stereocenters. The predicted molar refractivity (Wildman–Crippen MR) is 62.3 cm³/mol. The average Bonchev–Trinajstić information content (AvgIpc) is 2.38. The molecule has 2 N–H and O–H groups in total. The molecule has 1 aromatic rings. The van der Waals surface area contributed by atoms with Gasteiger partial charge < -0.3 is 19.6 Å². The largest absolute Gasteiger partial charge is 0.430 e. The van der Waals surface area contributed by atoms with Crippen LogP contribution in [0.5, 0.6) is 0 Å². The van der Waals surface area contributed by atoms with Gasteiger partial charge in [-0.05, 0) is 6.07 Å². The number of rotatable bonds is 3. The molecule has 18 heavy (non-hydrogen) atoms. The average molecular weight is 253 g/mol. The van der Waals surface area contributed by atoms with Crippen molar-refractivity contribution in [2.45, 2.75) is 18.4 Å². The summed E-state index contributed by atoms with van der Waals surface area (Å²) in [7, 11) is 0. The summed E-state index contributed by atoms with van der Waals surface area (Å²) in [5.41, 5.74) is -1.16. The Hall–Kier alpha value is -1.66. The third kappa shape index (κ3) is 3.18. The first-order valence-corrected chi connectivity index (χ1v) is 5.76. The summed E-state index contributed by atoms with van der Waals surface area (Å²) in [6, 6.07) is 2.56. The molecule has 1 fully saturated rings. The zero-order chi connectivity index (χ0) is 13.0. The third-order valence-electron chi connectivity index (χ3n) is 2.96. The number of ether oxygens (including phenoxy) is 1. The van der Waals surface area contributed by atoms with E-state index in [0.29, 0.717) is 26.1 Å². The lowest BCUT2D eigenvalue weighted by molar-refractivity contribution is -0.0605. The second-order valence-corrected chi connectivity index (χ2v) is 4.36. The van der Waals surface area contributed by atoms with Crippen molar-refractivity contribution in [1.29, 1.82) is 0 Å². The molecule has 0 saturated carbocycles. The molecule has 6 nitrogen and oxygen atoms in total. The van der Waals surface area contributed by atoms with Crippen molar-refractivity contribution in [3.8, 4) is 0 Å². The van der Waals surface area contributed by atoms with Gasteiger partial charge in [0.2, 0.25) is 0 Å². The summed E-state index contributed by atoms with van der Waals surface area (Å²) >= 11 is 0. The molecule has 0 bridgehead atoms. The van der Waals surface area contributed by atoms with E-state index in [2.05, 4.69) is 9.73 Å². The fourth-order valence-corrected chi connectivity index (χ4v) is 1.76. The van der Waals surface area contributed by atoms with E-state index in [4.69, 9.17) is 4.74 Å². The molecule has 2 rings (SSSR count). The molecule has 1 aromatic heterocycles. The van der Waals surface area contributed by atoms with E-state index in [1.54, 1.807) is 0 Å². The highest BCUT2D eigenvalue weighted by molar-refractivity contribution is 5.93. The Labute approximate surface area is 104 Å². The Bertz CT molecular complexity index is 455. The molecule has 98 valence electrons. The van der Waals surface area contributed by atoms with Crippen LogP contribution in [0.25, 0.3) is 0 Å². The fourth-order valence-electron chi connectivity index (χ4n) is 1.76. The minimum Gasteiger partial charge on any atom is -0.430 e. The highest BCUT2D eigenvalue weighted by atomic mass is 16.5. The lowest BCUT2D eigenvalue weighted by Gasteiger charge is -2.32. The summed E-state index contributed by atoms with van der Waals surface area (Å²) < 4.78 is 9.74. The van der Waals surface area contributed by atoms with Crippen molar-refractivity contribution in [2.24, 2.45) is 0 Å². The quantitative estimate of drug-likeness (QED) is 0.786. The van der Waals surface area contributed by atoms with Crippen LogP contribution in [-0.4, -0.2) is 36.4 Å². The van der Waals surface area contributed by atoms with Gasteiger partial charge in [-0.25, -0.2) is 4.79 Å². The number of amides is 1. The monoisotopic (exact) mass is 253 g/mol. The Morgan fingerprint density at radius 1 is 1.39 bits per heavy atom. The van der Waals surface area contributed by atoms with Gasteiger partial charge in [0.25, 0.3) is 5.91 Å². The van der Waals surface area contributed by atoms with E-state index < -0.39 is 11.2 Å². The van der Waals surface area contributed by atoms with E-state index in [9.17, 15) is 14.7 Å². The first-order chi connectivity index (χ1) is 8.59. The summed E-state index contributed by atoms with van der Waals surface area (Å²) in [6.45, 7) is 1.15. The zero-order valence-electron chi connectivity index (χ0n) is 9.85.